The van der Waals surface area contributed by atoms with Gasteiger partial charge in [0.2, 0.25) is 21.8 Å². The standard InChI is InChI=1S/C19H23N3O4S/c1-25-18-11-20-12-19(21-18)26-16-8-9-22(13-16)27(23,24)17-7-6-14-4-2-3-5-15(14)10-17/h6-7,10-12,16H,2-5,8-9,13H2,1H3. The maximum atomic E-state index is 13.0. The topological polar surface area (TPSA) is 81.6 Å². The minimum absolute atomic E-state index is 0.251. The molecule has 0 amide bonds. The molecule has 2 aromatic rings. The van der Waals surface area contributed by atoms with E-state index in [9.17, 15) is 8.42 Å². The average molecular weight is 389 g/mol. The van der Waals surface area contributed by atoms with Gasteiger partial charge in [0.25, 0.3) is 0 Å². The molecule has 1 saturated heterocycles. The molecule has 27 heavy (non-hydrogen) atoms. The van der Waals surface area contributed by atoms with Crippen molar-refractivity contribution in [1.29, 1.82) is 0 Å². The van der Waals surface area contributed by atoms with Gasteiger partial charge in [0.1, 0.15) is 6.10 Å². The maximum Gasteiger partial charge on any atom is 0.243 e. The van der Waals surface area contributed by atoms with Crippen molar-refractivity contribution in [3.05, 3.63) is 41.7 Å². The Labute approximate surface area is 159 Å². The van der Waals surface area contributed by atoms with Gasteiger partial charge in [-0.3, -0.25) is 4.98 Å². The van der Waals surface area contributed by atoms with E-state index in [-0.39, 0.29) is 6.10 Å². The third-order valence-electron chi connectivity index (χ3n) is 5.15. The van der Waals surface area contributed by atoms with Crippen molar-refractivity contribution < 1.29 is 17.9 Å². The van der Waals surface area contributed by atoms with E-state index in [1.165, 1.54) is 41.4 Å². The van der Waals surface area contributed by atoms with Crippen molar-refractivity contribution in [2.45, 2.75) is 43.1 Å². The van der Waals surface area contributed by atoms with Crippen molar-refractivity contribution in [1.82, 2.24) is 14.3 Å². The number of rotatable bonds is 5. The molecule has 0 N–H and O–H groups in total. The molecule has 0 radical (unpaired) electrons. The molecular weight excluding hydrogens is 366 g/mol. The van der Waals surface area contributed by atoms with E-state index in [0.717, 1.165) is 19.3 Å². The maximum absolute atomic E-state index is 13.0. The van der Waals surface area contributed by atoms with Crippen LogP contribution in [0.4, 0.5) is 0 Å². The van der Waals surface area contributed by atoms with Gasteiger partial charge in [-0.05, 0) is 55.4 Å². The predicted octanol–water partition coefficient (Wildman–Crippen LogP) is 2.21. The van der Waals surface area contributed by atoms with Gasteiger partial charge in [-0.25, -0.2) is 8.42 Å². The highest BCUT2D eigenvalue weighted by Gasteiger charge is 2.34. The first-order valence-electron chi connectivity index (χ1n) is 9.21. The second kappa shape index (κ2) is 7.44. The number of methoxy groups -OCH3 is 1. The van der Waals surface area contributed by atoms with Crippen LogP contribution in [-0.4, -0.2) is 49.0 Å². The number of fused-ring (bicyclic) bond motifs is 1. The van der Waals surface area contributed by atoms with Crippen LogP contribution in [0, 0.1) is 0 Å². The molecule has 4 rings (SSSR count). The zero-order valence-electron chi connectivity index (χ0n) is 15.3. The molecule has 1 atom stereocenters. The first-order chi connectivity index (χ1) is 13.1. The highest BCUT2D eigenvalue weighted by atomic mass is 32.2. The van der Waals surface area contributed by atoms with Crippen LogP contribution >= 0.6 is 0 Å². The van der Waals surface area contributed by atoms with Gasteiger partial charge < -0.3 is 9.47 Å². The Morgan fingerprint density at radius 2 is 1.89 bits per heavy atom. The molecule has 7 nitrogen and oxygen atoms in total. The Hall–Kier alpha value is -2.19. The highest BCUT2D eigenvalue weighted by Crippen LogP contribution is 2.28. The summed E-state index contributed by atoms with van der Waals surface area (Å²) < 4.78 is 38.4. The van der Waals surface area contributed by atoms with E-state index in [1.54, 1.807) is 6.07 Å². The third-order valence-corrected chi connectivity index (χ3v) is 7.01. The Bertz CT molecular complexity index is 932. The first kappa shape index (κ1) is 18.2. The van der Waals surface area contributed by atoms with Crippen molar-refractivity contribution in [2.24, 2.45) is 0 Å². The molecule has 8 heteroatoms. The van der Waals surface area contributed by atoms with Crippen molar-refractivity contribution in [3.63, 3.8) is 0 Å². The van der Waals surface area contributed by atoms with Gasteiger partial charge >= 0.3 is 0 Å². The SMILES string of the molecule is COc1cncc(OC2CCN(S(=O)(=O)c3ccc4c(c3)CCCC4)C2)n1. The molecule has 1 aliphatic heterocycles. The van der Waals surface area contributed by atoms with Crippen LogP contribution in [0.5, 0.6) is 11.8 Å². The van der Waals surface area contributed by atoms with Crippen molar-refractivity contribution in [2.75, 3.05) is 20.2 Å². The quantitative estimate of drug-likeness (QED) is 0.780. The van der Waals surface area contributed by atoms with Gasteiger partial charge in [-0.2, -0.15) is 9.29 Å². The summed E-state index contributed by atoms with van der Waals surface area (Å²) >= 11 is 0. The van der Waals surface area contributed by atoms with E-state index in [1.807, 2.05) is 12.1 Å². The highest BCUT2D eigenvalue weighted by molar-refractivity contribution is 7.89. The molecule has 0 spiro atoms. The lowest BCUT2D eigenvalue weighted by atomic mass is 9.92. The summed E-state index contributed by atoms with van der Waals surface area (Å²) in [7, 11) is -2.01. The molecule has 1 aromatic carbocycles. The lowest BCUT2D eigenvalue weighted by molar-refractivity contribution is 0.203. The van der Waals surface area contributed by atoms with Gasteiger partial charge in [0, 0.05) is 6.54 Å². The monoisotopic (exact) mass is 389 g/mol. The summed E-state index contributed by atoms with van der Waals surface area (Å²) in [5.41, 5.74) is 2.44. The Morgan fingerprint density at radius 3 is 2.70 bits per heavy atom. The van der Waals surface area contributed by atoms with Crippen molar-refractivity contribution in [3.8, 4) is 11.8 Å². The van der Waals surface area contributed by atoms with Crippen LogP contribution in [0.25, 0.3) is 0 Å². The molecule has 144 valence electrons. The fourth-order valence-corrected chi connectivity index (χ4v) is 5.23. The smallest absolute Gasteiger partial charge is 0.243 e. The zero-order valence-corrected chi connectivity index (χ0v) is 16.1. The molecule has 0 bridgehead atoms. The number of ether oxygens (including phenoxy) is 2. The van der Waals surface area contributed by atoms with Gasteiger partial charge in [-0.1, -0.05) is 6.07 Å². The van der Waals surface area contributed by atoms with Crippen LogP contribution in [0.2, 0.25) is 0 Å². The third kappa shape index (κ3) is 3.77. The summed E-state index contributed by atoms with van der Waals surface area (Å²) in [4.78, 5) is 8.56. The fraction of sp³-hybridized carbons (Fsp3) is 0.474. The van der Waals surface area contributed by atoms with E-state index in [4.69, 9.17) is 9.47 Å². The van der Waals surface area contributed by atoms with E-state index in [0.29, 0.717) is 36.2 Å². The second-order valence-corrected chi connectivity index (χ2v) is 8.87. The van der Waals surface area contributed by atoms with Crippen LogP contribution in [0.3, 0.4) is 0 Å². The summed E-state index contributed by atoms with van der Waals surface area (Å²) in [6, 6.07) is 5.56. The molecule has 2 heterocycles. The van der Waals surface area contributed by atoms with E-state index in [2.05, 4.69) is 9.97 Å². The summed E-state index contributed by atoms with van der Waals surface area (Å²) in [6.07, 6.45) is 7.66. The Morgan fingerprint density at radius 1 is 1.11 bits per heavy atom. The van der Waals surface area contributed by atoms with Crippen LogP contribution in [-0.2, 0) is 22.9 Å². The minimum Gasteiger partial charge on any atom is -0.480 e. The number of hydrogen-bond donors (Lipinski definition) is 0. The van der Waals surface area contributed by atoms with E-state index >= 15 is 0 Å². The molecule has 1 aromatic heterocycles. The van der Waals surface area contributed by atoms with Gasteiger partial charge in [0.05, 0.1) is 30.9 Å². The number of nitrogens with zero attached hydrogens (tertiary/aromatic N) is 3. The van der Waals surface area contributed by atoms with Crippen molar-refractivity contribution >= 4 is 10.0 Å². The Balaban J connectivity index is 1.47. The first-order valence-corrected chi connectivity index (χ1v) is 10.6. The lowest BCUT2D eigenvalue weighted by Crippen LogP contribution is -2.31. The lowest BCUT2D eigenvalue weighted by Gasteiger charge is -2.20. The predicted molar refractivity (Wildman–Crippen MR) is 99.5 cm³/mol. The van der Waals surface area contributed by atoms with Crippen LogP contribution in [0.1, 0.15) is 30.4 Å². The average Bonchev–Trinajstić information content (AvgIpc) is 3.17. The fourth-order valence-electron chi connectivity index (χ4n) is 3.69. The number of aryl methyl sites for hydroxylation is 2. The van der Waals surface area contributed by atoms with Gasteiger partial charge in [0.15, 0.2) is 0 Å². The normalized spacial score (nSPS) is 20.3. The number of sulfonamides is 1. The number of hydrogen-bond acceptors (Lipinski definition) is 6. The largest absolute Gasteiger partial charge is 0.480 e. The summed E-state index contributed by atoms with van der Waals surface area (Å²) in [6.45, 7) is 0.736. The summed E-state index contributed by atoms with van der Waals surface area (Å²) in [5.74, 6) is 0.705. The molecule has 0 saturated carbocycles. The molecule has 1 fully saturated rings. The molecule has 2 aliphatic rings. The zero-order chi connectivity index (χ0) is 18.9. The molecule has 1 unspecified atom stereocenters. The van der Waals surface area contributed by atoms with E-state index < -0.39 is 10.0 Å². The number of benzene rings is 1. The van der Waals surface area contributed by atoms with Crippen LogP contribution in [0.15, 0.2) is 35.5 Å². The minimum atomic E-state index is -3.52. The van der Waals surface area contributed by atoms with Gasteiger partial charge in [-0.15, -0.1) is 0 Å². The molecule has 1 aliphatic carbocycles. The summed E-state index contributed by atoms with van der Waals surface area (Å²) in [5, 5.41) is 0. The van der Waals surface area contributed by atoms with Crippen LogP contribution < -0.4 is 9.47 Å². The second-order valence-electron chi connectivity index (χ2n) is 6.93. The molecular formula is C19H23N3O4S. The Kier molecular flexibility index (Phi) is 5.01. The number of aromatic nitrogens is 2.